The predicted octanol–water partition coefficient (Wildman–Crippen LogP) is 10.5. The SMILES string of the molecule is c1cc2cc(c1)-n1c3ccccc3c3ccc(cc31)-c1ccc(cn1)CCc1cccc3c1Oc1c(cccc1C3)CCc1ccc-2nc1. The van der Waals surface area contributed by atoms with Gasteiger partial charge in [-0.25, -0.2) is 0 Å². The average Bonchev–Trinajstić information content (AvgIpc) is 3.49. The normalized spacial score (nSPS) is 13.5. The molecule has 13 rings (SSSR count). The fourth-order valence-corrected chi connectivity index (χ4v) is 7.77. The van der Waals surface area contributed by atoms with Crippen molar-refractivity contribution in [2.24, 2.45) is 0 Å². The lowest BCUT2D eigenvalue weighted by Gasteiger charge is -2.25. The van der Waals surface area contributed by atoms with Crippen LogP contribution in [0.5, 0.6) is 11.5 Å². The van der Waals surface area contributed by atoms with Gasteiger partial charge in [0.15, 0.2) is 0 Å². The zero-order chi connectivity index (χ0) is 32.3. The van der Waals surface area contributed by atoms with E-state index in [-0.39, 0.29) is 0 Å². The Bertz CT molecular complexity index is 2540. The van der Waals surface area contributed by atoms with Gasteiger partial charge in [0, 0.05) is 46.4 Å². The first-order chi connectivity index (χ1) is 24.2. The molecular weight excluding hydrogens is 599 g/mol. The molecule has 0 fully saturated rings. The number of rotatable bonds is 0. The van der Waals surface area contributed by atoms with Crippen molar-refractivity contribution in [2.75, 3.05) is 0 Å². The highest BCUT2D eigenvalue weighted by Crippen LogP contribution is 2.42. The summed E-state index contributed by atoms with van der Waals surface area (Å²) >= 11 is 0. The Balaban J connectivity index is 1.12. The molecule has 0 amide bonds. The van der Waals surface area contributed by atoms with Crippen LogP contribution in [0.2, 0.25) is 0 Å². The van der Waals surface area contributed by atoms with E-state index in [1.54, 1.807) is 0 Å². The maximum absolute atomic E-state index is 6.80. The first kappa shape index (κ1) is 28.1. The van der Waals surface area contributed by atoms with Crippen molar-refractivity contribution in [1.29, 1.82) is 0 Å². The van der Waals surface area contributed by atoms with Crippen LogP contribution in [0, 0.1) is 0 Å². The molecule has 8 heterocycles. The Morgan fingerprint density at radius 2 is 1.08 bits per heavy atom. The lowest BCUT2D eigenvalue weighted by Crippen LogP contribution is -2.09. The minimum absolute atomic E-state index is 0.890. The molecule has 3 aromatic heterocycles. The van der Waals surface area contributed by atoms with Crippen LogP contribution >= 0.6 is 0 Å². The molecule has 10 bridgehead atoms. The molecule has 0 aliphatic carbocycles. The van der Waals surface area contributed by atoms with Crippen LogP contribution in [0.15, 0.2) is 140 Å². The van der Waals surface area contributed by atoms with Gasteiger partial charge in [-0.1, -0.05) is 91.0 Å². The minimum Gasteiger partial charge on any atom is -0.456 e. The summed E-state index contributed by atoms with van der Waals surface area (Å²) in [5, 5.41) is 2.47. The van der Waals surface area contributed by atoms with Crippen LogP contribution < -0.4 is 4.74 Å². The lowest BCUT2D eigenvalue weighted by molar-refractivity contribution is 0.447. The molecule has 4 nitrogen and oxygen atoms in total. The highest BCUT2D eigenvalue weighted by atomic mass is 16.5. The van der Waals surface area contributed by atoms with Gasteiger partial charge in [0.25, 0.3) is 0 Å². The topological polar surface area (TPSA) is 39.9 Å². The molecule has 234 valence electrons. The molecule has 0 N–H and O–H groups in total. The molecule has 0 saturated carbocycles. The second-order valence-corrected chi connectivity index (χ2v) is 13.3. The first-order valence-corrected chi connectivity index (χ1v) is 17.2. The van der Waals surface area contributed by atoms with E-state index in [2.05, 4.69) is 132 Å². The van der Waals surface area contributed by atoms with E-state index < -0.39 is 0 Å². The van der Waals surface area contributed by atoms with Crippen molar-refractivity contribution < 1.29 is 4.74 Å². The molecule has 5 aliphatic heterocycles. The van der Waals surface area contributed by atoms with Gasteiger partial charge in [0.1, 0.15) is 11.5 Å². The second kappa shape index (κ2) is 11.3. The molecule has 8 aromatic rings. The summed E-state index contributed by atoms with van der Waals surface area (Å²) in [6.07, 6.45) is 8.55. The van der Waals surface area contributed by atoms with Gasteiger partial charge in [-0.3, -0.25) is 9.97 Å². The number of aromatic nitrogens is 3. The first-order valence-electron chi connectivity index (χ1n) is 17.2. The van der Waals surface area contributed by atoms with Gasteiger partial charge in [-0.05, 0) is 95.5 Å². The minimum atomic E-state index is 0.890. The number of hydrogen-bond acceptors (Lipinski definition) is 3. The highest BCUT2D eigenvalue weighted by molar-refractivity contribution is 6.10. The van der Waals surface area contributed by atoms with Gasteiger partial charge >= 0.3 is 0 Å². The molecular formula is C45H33N3O. The van der Waals surface area contributed by atoms with E-state index in [4.69, 9.17) is 14.7 Å². The number of benzene rings is 5. The van der Waals surface area contributed by atoms with Crippen molar-refractivity contribution in [1.82, 2.24) is 14.5 Å². The third kappa shape index (κ3) is 4.83. The molecule has 0 unspecified atom stereocenters. The summed E-state index contributed by atoms with van der Waals surface area (Å²) in [7, 11) is 0. The number of hydrogen-bond donors (Lipinski definition) is 0. The Morgan fingerprint density at radius 3 is 1.76 bits per heavy atom. The lowest BCUT2D eigenvalue weighted by atomic mass is 9.93. The van der Waals surface area contributed by atoms with Gasteiger partial charge in [-0.15, -0.1) is 0 Å². The monoisotopic (exact) mass is 631 g/mol. The van der Waals surface area contributed by atoms with E-state index in [1.807, 2.05) is 12.4 Å². The summed E-state index contributed by atoms with van der Waals surface area (Å²) in [6.45, 7) is 0. The van der Waals surface area contributed by atoms with Gasteiger partial charge in [0.05, 0.1) is 22.4 Å². The van der Waals surface area contributed by atoms with E-state index in [0.29, 0.717) is 0 Å². The Labute approximate surface area is 285 Å². The van der Waals surface area contributed by atoms with Crippen molar-refractivity contribution in [3.63, 3.8) is 0 Å². The van der Waals surface area contributed by atoms with Crippen LogP contribution in [0.3, 0.4) is 0 Å². The van der Waals surface area contributed by atoms with E-state index in [9.17, 15) is 0 Å². The molecule has 0 spiro atoms. The number of para-hydroxylation sites is 3. The fraction of sp³-hybridized carbons (Fsp3) is 0.111. The van der Waals surface area contributed by atoms with Crippen LogP contribution in [-0.2, 0) is 32.1 Å². The van der Waals surface area contributed by atoms with Crippen molar-refractivity contribution in [3.05, 3.63) is 173 Å². The molecule has 4 heteroatoms. The standard InChI is InChI=1S/C45H33N3O/c1-2-13-42-38(12-1)39-21-20-34-26-43(39)48(42)37-11-5-8-33(25-37)40-22-16-29(27-46-40)14-18-31-6-3-9-35-24-36-10-4-7-32(45(36)49-44(31)35)19-15-30-17-23-41(34)47-28-30/h1-13,16-17,20-23,25-28H,14-15,18-19,24H2. The van der Waals surface area contributed by atoms with Crippen LogP contribution in [-0.4, -0.2) is 14.5 Å². The van der Waals surface area contributed by atoms with Gasteiger partial charge in [-0.2, -0.15) is 0 Å². The Hall–Kier alpha value is -6.00. The number of nitrogens with zero attached hydrogens (tertiary/aromatic N) is 3. The van der Waals surface area contributed by atoms with Crippen LogP contribution in [0.1, 0.15) is 33.4 Å². The van der Waals surface area contributed by atoms with Crippen molar-refractivity contribution in [2.45, 2.75) is 32.1 Å². The number of pyridine rings is 2. The Morgan fingerprint density at radius 1 is 0.469 bits per heavy atom. The second-order valence-electron chi connectivity index (χ2n) is 13.3. The van der Waals surface area contributed by atoms with E-state index >= 15 is 0 Å². The maximum Gasteiger partial charge on any atom is 0.134 e. The third-order valence-electron chi connectivity index (χ3n) is 10.3. The third-order valence-corrected chi connectivity index (χ3v) is 10.3. The van der Waals surface area contributed by atoms with Gasteiger partial charge in [0.2, 0.25) is 0 Å². The number of ether oxygens (including phenoxy) is 1. The highest BCUT2D eigenvalue weighted by Gasteiger charge is 2.22. The molecule has 0 saturated heterocycles. The predicted molar refractivity (Wildman–Crippen MR) is 198 cm³/mol. The largest absolute Gasteiger partial charge is 0.456 e. The average molecular weight is 632 g/mol. The van der Waals surface area contributed by atoms with E-state index in [0.717, 1.165) is 77.3 Å². The quantitative estimate of drug-likeness (QED) is 0.167. The molecule has 5 aromatic carbocycles. The van der Waals surface area contributed by atoms with Crippen LogP contribution in [0.25, 0.3) is 50.0 Å². The fourth-order valence-electron chi connectivity index (χ4n) is 7.77. The molecule has 49 heavy (non-hydrogen) atoms. The van der Waals surface area contributed by atoms with Crippen LogP contribution in [0.4, 0.5) is 0 Å². The summed E-state index contributed by atoms with van der Waals surface area (Å²) in [5.41, 5.74) is 15.1. The summed E-state index contributed by atoms with van der Waals surface area (Å²) in [4.78, 5) is 9.93. The Kier molecular flexibility index (Phi) is 6.48. The van der Waals surface area contributed by atoms with Crippen molar-refractivity contribution >= 4 is 21.8 Å². The molecule has 0 atom stereocenters. The number of fused-ring (bicyclic) bond motifs is 2. The van der Waals surface area contributed by atoms with Gasteiger partial charge < -0.3 is 9.30 Å². The maximum atomic E-state index is 6.80. The molecule has 0 radical (unpaired) electrons. The number of aryl methyl sites for hydroxylation is 4. The van der Waals surface area contributed by atoms with E-state index in [1.165, 1.54) is 49.7 Å². The smallest absolute Gasteiger partial charge is 0.134 e. The summed E-state index contributed by atoms with van der Waals surface area (Å²) in [6, 6.07) is 46.1. The zero-order valence-corrected chi connectivity index (χ0v) is 27.1. The summed E-state index contributed by atoms with van der Waals surface area (Å²) in [5.74, 6) is 2.05. The summed E-state index contributed by atoms with van der Waals surface area (Å²) < 4.78 is 9.18. The zero-order valence-electron chi connectivity index (χ0n) is 27.1. The van der Waals surface area contributed by atoms with Crippen molar-refractivity contribution in [3.8, 4) is 39.7 Å². The molecule has 5 aliphatic rings.